The first-order valence-electron chi connectivity index (χ1n) is 9.79. The largest absolute Gasteiger partial charge is 0.481 e. The Labute approximate surface area is 163 Å². The molecule has 2 saturated heterocycles. The minimum atomic E-state index is -0.773. The highest BCUT2D eigenvalue weighted by Gasteiger charge is 2.40. The Kier molecular flexibility index (Phi) is 5.17. The number of carboxylic acids is 1. The number of aromatic nitrogens is 2. The second-order valence-electron chi connectivity index (χ2n) is 7.66. The maximum absolute atomic E-state index is 12.9. The molecule has 0 bridgehead atoms. The Balaban J connectivity index is 1.40. The third kappa shape index (κ3) is 3.54. The van der Waals surface area contributed by atoms with Gasteiger partial charge in [-0.1, -0.05) is 18.2 Å². The van der Waals surface area contributed by atoms with Crippen LogP contribution in [0.5, 0.6) is 0 Å². The summed E-state index contributed by atoms with van der Waals surface area (Å²) in [6.45, 7) is 3.76. The van der Waals surface area contributed by atoms with Crippen LogP contribution in [0.15, 0.2) is 36.7 Å². The minimum Gasteiger partial charge on any atom is -0.481 e. The second-order valence-corrected chi connectivity index (χ2v) is 7.66. The molecule has 7 nitrogen and oxygen atoms in total. The van der Waals surface area contributed by atoms with Crippen molar-refractivity contribution in [3.8, 4) is 5.69 Å². The van der Waals surface area contributed by atoms with Gasteiger partial charge in [0.1, 0.15) is 0 Å². The number of likely N-dealkylation sites (tertiary alicyclic amines) is 1. The molecule has 3 heterocycles. The molecule has 1 aromatic heterocycles. The molecular weight excluding hydrogens is 358 g/mol. The summed E-state index contributed by atoms with van der Waals surface area (Å²) in [5.74, 6) is -1.02. The van der Waals surface area contributed by atoms with E-state index in [4.69, 9.17) is 4.74 Å². The summed E-state index contributed by atoms with van der Waals surface area (Å²) in [6, 6.07) is 7.91. The normalized spacial score (nSPS) is 23.1. The van der Waals surface area contributed by atoms with Gasteiger partial charge in [0.25, 0.3) is 5.91 Å². The van der Waals surface area contributed by atoms with E-state index in [0.29, 0.717) is 31.7 Å². The van der Waals surface area contributed by atoms with Crippen LogP contribution in [0.2, 0.25) is 0 Å². The van der Waals surface area contributed by atoms with Gasteiger partial charge in [-0.3, -0.25) is 9.59 Å². The predicted octanol–water partition coefficient (Wildman–Crippen LogP) is 2.52. The molecule has 1 N–H and O–H groups in total. The zero-order valence-corrected chi connectivity index (χ0v) is 16.0. The van der Waals surface area contributed by atoms with Crippen molar-refractivity contribution in [2.75, 3.05) is 19.7 Å². The number of amides is 1. The van der Waals surface area contributed by atoms with Gasteiger partial charge in [0.2, 0.25) is 0 Å². The van der Waals surface area contributed by atoms with E-state index in [9.17, 15) is 14.7 Å². The van der Waals surface area contributed by atoms with E-state index < -0.39 is 11.9 Å². The number of carbonyl (C=O) groups is 2. The van der Waals surface area contributed by atoms with Crippen molar-refractivity contribution >= 4 is 11.9 Å². The summed E-state index contributed by atoms with van der Waals surface area (Å²) < 4.78 is 7.45. The van der Waals surface area contributed by atoms with Crippen LogP contribution in [-0.2, 0) is 9.53 Å². The number of rotatable bonds is 4. The second kappa shape index (κ2) is 7.75. The minimum absolute atomic E-state index is 0.0274. The van der Waals surface area contributed by atoms with E-state index in [1.165, 1.54) is 0 Å². The monoisotopic (exact) mass is 383 g/mol. The number of para-hydroxylation sites is 1. The highest BCUT2D eigenvalue weighted by molar-refractivity contribution is 5.93. The summed E-state index contributed by atoms with van der Waals surface area (Å²) in [7, 11) is 0. The van der Waals surface area contributed by atoms with Gasteiger partial charge < -0.3 is 14.7 Å². The van der Waals surface area contributed by atoms with Gasteiger partial charge in [-0.25, -0.2) is 4.68 Å². The van der Waals surface area contributed by atoms with Crippen molar-refractivity contribution in [1.82, 2.24) is 14.7 Å². The number of hydrogen-bond acceptors (Lipinski definition) is 4. The number of carbonyl (C=O) groups excluding carboxylic acids is 1. The van der Waals surface area contributed by atoms with Crippen molar-refractivity contribution in [3.05, 3.63) is 47.8 Å². The molecule has 1 unspecified atom stereocenters. The molecule has 0 saturated carbocycles. The average Bonchev–Trinajstić information content (AvgIpc) is 3.38. The standard InChI is InChI=1S/C21H25N3O4/c1-14-4-2-3-5-18(14)24-13-16(12-22-24)20(25)23-9-6-15(7-10-23)19-17(21(26)27)8-11-28-19/h2-5,12-13,15,17,19H,6-11H2,1H3,(H,26,27)/t17?,19-/m0/s1. The van der Waals surface area contributed by atoms with Crippen molar-refractivity contribution in [2.45, 2.75) is 32.3 Å². The number of nitrogens with zero attached hydrogens (tertiary/aromatic N) is 3. The van der Waals surface area contributed by atoms with Gasteiger partial charge in [0, 0.05) is 25.9 Å². The van der Waals surface area contributed by atoms with Crippen molar-refractivity contribution in [3.63, 3.8) is 0 Å². The zero-order valence-electron chi connectivity index (χ0n) is 16.0. The van der Waals surface area contributed by atoms with Crippen LogP contribution in [0.25, 0.3) is 5.69 Å². The number of piperidine rings is 1. The fourth-order valence-corrected chi connectivity index (χ4v) is 4.34. The molecule has 0 spiro atoms. The van der Waals surface area contributed by atoms with Crippen molar-refractivity contribution < 1.29 is 19.4 Å². The first-order valence-corrected chi connectivity index (χ1v) is 9.79. The van der Waals surface area contributed by atoms with E-state index in [1.807, 2.05) is 36.1 Å². The number of benzene rings is 1. The Morgan fingerprint density at radius 2 is 1.93 bits per heavy atom. The lowest BCUT2D eigenvalue weighted by molar-refractivity contribution is -0.145. The number of ether oxygens (including phenoxy) is 1. The highest BCUT2D eigenvalue weighted by Crippen LogP contribution is 2.33. The van der Waals surface area contributed by atoms with Crippen LogP contribution in [0.4, 0.5) is 0 Å². The van der Waals surface area contributed by atoms with E-state index in [2.05, 4.69) is 5.10 Å². The maximum Gasteiger partial charge on any atom is 0.309 e. The van der Waals surface area contributed by atoms with Crippen LogP contribution in [-0.4, -0.2) is 57.5 Å². The lowest BCUT2D eigenvalue weighted by Crippen LogP contribution is -2.43. The van der Waals surface area contributed by atoms with Crippen molar-refractivity contribution in [2.24, 2.45) is 11.8 Å². The van der Waals surface area contributed by atoms with Gasteiger partial charge >= 0.3 is 5.97 Å². The number of hydrogen-bond donors (Lipinski definition) is 1. The van der Waals surface area contributed by atoms with E-state index in [-0.39, 0.29) is 17.9 Å². The molecule has 2 aliphatic rings. The molecule has 2 atom stereocenters. The number of carboxylic acid groups (broad SMARTS) is 1. The molecule has 0 aliphatic carbocycles. The molecule has 1 aromatic carbocycles. The molecule has 2 aromatic rings. The SMILES string of the molecule is Cc1ccccc1-n1cc(C(=O)N2CCC([C@@H]3OCCC3C(=O)O)CC2)cn1. The molecule has 2 fully saturated rings. The molecule has 2 aliphatic heterocycles. The maximum atomic E-state index is 12.9. The third-order valence-corrected chi connectivity index (χ3v) is 5.94. The van der Waals surface area contributed by atoms with Gasteiger partial charge in [0.15, 0.2) is 0 Å². The summed E-state index contributed by atoms with van der Waals surface area (Å²) in [6.07, 6.45) is 5.28. The molecule has 4 rings (SSSR count). The van der Waals surface area contributed by atoms with Crippen molar-refractivity contribution in [1.29, 1.82) is 0 Å². The molecule has 1 amide bonds. The summed E-state index contributed by atoms with van der Waals surface area (Å²) >= 11 is 0. The fourth-order valence-electron chi connectivity index (χ4n) is 4.34. The first kappa shape index (κ1) is 18.7. The quantitative estimate of drug-likeness (QED) is 0.877. The van der Waals surface area contributed by atoms with Gasteiger partial charge in [-0.05, 0) is 43.7 Å². The Bertz CT molecular complexity index is 870. The number of aliphatic carboxylic acids is 1. The Morgan fingerprint density at radius 1 is 1.18 bits per heavy atom. The fraction of sp³-hybridized carbons (Fsp3) is 0.476. The lowest BCUT2D eigenvalue weighted by Gasteiger charge is -2.35. The summed E-state index contributed by atoms with van der Waals surface area (Å²) in [5.41, 5.74) is 2.62. The number of aryl methyl sites for hydroxylation is 1. The molecule has 7 heteroatoms. The smallest absolute Gasteiger partial charge is 0.309 e. The van der Waals surface area contributed by atoms with E-state index in [1.54, 1.807) is 17.1 Å². The average molecular weight is 383 g/mol. The first-order chi connectivity index (χ1) is 13.5. The van der Waals surface area contributed by atoms with Crippen LogP contribution in [0.3, 0.4) is 0 Å². The third-order valence-electron chi connectivity index (χ3n) is 5.94. The molecular formula is C21H25N3O4. The zero-order chi connectivity index (χ0) is 19.7. The topological polar surface area (TPSA) is 84.7 Å². The molecule has 28 heavy (non-hydrogen) atoms. The van der Waals surface area contributed by atoms with Crippen LogP contribution < -0.4 is 0 Å². The van der Waals surface area contributed by atoms with Gasteiger partial charge in [0.05, 0.1) is 29.5 Å². The summed E-state index contributed by atoms with van der Waals surface area (Å²) in [5, 5.41) is 13.7. The Hall–Kier alpha value is -2.67. The van der Waals surface area contributed by atoms with Crippen LogP contribution >= 0.6 is 0 Å². The molecule has 148 valence electrons. The highest BCUT2D eigenvalue weighted by atomic mass is 16.5. The summed E-state index contributed by atoms with van der Waals surface area (Å²) in [4.78, 5) is 26.1. The van der Waals surface area contributed by atoms with E-state index >= 15 is 0 Å². The lowest BCUT2D eigenvalue weighted by atomic mass is 9.84. The van der Waals surface area contributed by atoms with E-state index in [0.717, 1.165) is 24.1 Å². The predicted molar refractivity (Wildman–Crippen MR) is 102 cm³/mol. The molecule has 0 radical (unpaired) electrons. The Morgan fingerprint density at radius 3 is 2.64 bits per heavy atom. The van der Waals surface area contributed by atoms with Crippen LogP contribution in [0, 0.1) is 18.8 Å². The van der Waals surface area contributed by atoms with Gasteiger partial charge in [-0.2, -0.15) is 5.10 Å². The van der Waals surface area contributed by atoms with Gasteiger partial charge in [-0.15, -0.1) is 0 Å². The van der Waals surface area contributed by atoms with Crippen LogP contribution in [0.1, 0.15) is 35.2 Å².